The normalized spacial score (nSPS) is 25.8. The van der Waals surface area contributed by atoms with Crippen molar-refractivity contribution in [3.8, 4) is 11.5 Å². The third-order valence-electron chi connectivity index (χ3n) is 6.02. The van der Waals surface area contributed by atoms with Gasteiger partial charge in [0.05, 0.1) is 7.11 Å². The largest absolute Gasteiger partial charge is 0.573 e. The second-order valence-corrected chi connectivity index (χ2v) is 7.90. The first-order valence-electron chi connectivity index (χ1n) is 10.5. The molecule has 2 aliphatic rings. The van der Waals surface area contributed by atoms with Gasteiger partial charge in [0, 0.05) is 31.2 Å². The second-order valence-electron chi connectivity index (χ2n) is 7.90. The molecule has 2 heterocycles. The van der Waals surface area contributed by atoms with E-state index in [1.54, 1.807) is 20.1 Å². The highest BCUT2D eigenvalue weighted by Crippen LogP contribution is 2.39. The molecule has 33 heavy (non-hydrogen) atoms. The molecule has 3 atom stereocenters. The van der Waals surface area contributed by atoms with E-state index in [1.807, 2.05) is 29.2 Å². The summed E-state index contributed by atoms with van der Waals surface area (Å²) in [7, 11) is 1.58. The molecule has 10 heteroatoms. The molecule has 1 fully saturated rings. The van der Waals surface area contributed by atoms with Crippen LogP contribution in [-0.2, 0) is 9.63 Å². The molecule has 7 nitrogen and oxygen atoms in total. The minimum atomic E-state index is -4.84. The van der Waals surface area contributed by atoms with Gasteiger partial charge in [0.1, 0.15) is 17.2 Å². The highest BCUT2D eigenvalue weighted by atomic mass is 19.4. The van der Waals surface area contributed by atoms with E-state index in [4.69, 9.17) is 9.57 Å². The van der Waals surface area contributed by atoms with Crippen LogP contribution < -0.4 is 14.8 Å². The Morgan fingerprint density at radius 1 is 1.21 bits per heavy atom. The maximum absolute atomic E-state index is 12.8. The predicted molar refractivity (Wildman–Crippen MR) is 114 cm³/mol. The monoisotopic (exact) mass is 463 g/mol. The molecule has 0 amide bonds. The number of ether oxygens (including phenoxy) is 2. The van der Waals surface area contributed by atoms with E-state index < -0.39 is 23.8 Å². The van der Waals surface area contributed by atoms with Crippen LogP contribution in [0.3, 0.4) is 0 Å². The lowest BCUT2D eigenvalue weighted by atomic mass is 9.81. The average Bonchev–Trinajstić information content (AvgIpc) is 3.15. The van der Waals surface area contributed by atoms with Crippen molar-refractivity contribution in [1.29, 1.82) is 0 Å². The van der Waals surface area contributed by atoms with Crippen molar-refractivity contribution in [1.82, 2.24) is 10.2 Å². The molecule has 176 valence electrons. The van der Waals surface area contributed by atoms with E-state index in [0.29, 0.717) is 30.9 Å². The molecule has 0 radical (unpaired) electrons. The van der Waals surface area contributed by atoms with Gasteiger partial charge in [0.15, 0.2) is 17.9 Å². The topological polar surface area (TPSA) is 72.4 Å². The molecule has 0 saturated carbocycles. The summed E-state index contributed by atoms with van der Waals surface area (Å²) in [5.74, 6) is 0.284. The van der Waals surface area contributed by atoms with Crippen molar-refractivity contribution in [3.05, 3.63) is 59.7 Å². The Bertz CT molecular complexity index is 1050. The van der Waals surface area contributed by atoms with Crippen LogP contribution in [0.15, 0.2) is 53.7 Å². The van der Waals surface area contributed by atoms with Crippen molar-refractivity contribution in [2.45, 2.75) is 31.0 Å². The highest BCUT2D eigenvalue weighted by molar-refractivity contribution is 6.17. The first-order valence-corrected chi connectivity index (χ1v) is 10.5. The zero-order valence-electron chi connectivity index (χ0n) is 18.1. The molecule has 2 aromatic rings. The van der Waals surface area contributed by atoms with Crippen LogP contribution in [0.1, 0.15) is 24.1 Å². The van der Waals surface area contributed by atoms with Gasteiger partial charge in [-0.15, -0.1) is 13.2 Å². The summed E-state index contributed by atoms with van der Waals surface area (Å²) < 4.78 is 47.7. The number of hydrogen-bond donors (Lipinski definition) is 1. The number of carbonyl (C=O) groups is 1. The fourth-order valence-corrected chi connectivity index (χ4v) is 4.48. The first-order chi connectivity index (χ1) is 15.8. The summed E-state index contributed by atoms with van der Waals surface area (Å²) in [5, 5.41) is 7.49. The Hall–Kier alpha value is -3.11. The fraction of sp³-hybridized carbons (Fsp3) is 0.391. The van der Waals surface area contributed by atoms with Gasteiger partial charge in [0.25, 0.3) is 0 Å². The second kappa shape index (κ2) is 9.03. The van der Waals surface area contributed by atoms with Gasteiger partial charge in [-0.1, -0.05) is 29.4 Å². The van der Waals surface area contributed by atoms with Gasteiger partial charge in [-0.3, -0.25) is 4.90 Å². The van der Waals surface area contributed by atoms with E-state index in [-0.39, 0.29) is 11.8 Å². The molecule has 3 unspecified atom stereocenters. The van der Waals surface area contributed by atoms with E-state index in [9.17, 15) is 18.0 Å². The van der Waals surface area contributed by atoms with Crippen LogP contribution in [0, 0.1) is 0 Å². The molecule has 0 aromatic heterocycles. The van der Waals surface area contributed by atoms with Crippen molar-refractivity contribution in [2.24, 2.45) is 5.16 Å². The molecule has 0 spiro atoms. The van der Waals surface area contributed by atoms with E-state index in [1.165, 1.54) is 18.2 Å². The highest BCUT2D eigenvalue weighted by Gasteiger charge is 2.55. The molecule has 2 aliphatic heterocycles. The summed E-state index contributed by atoms with van der Waals surface area (Å²) in [6, 6.07) is 12.7. The van der Waals surface area contributed by atoms with Crippen LogP contribution in [0.4, 0.5) is 13.2 Å². The Morgan fingerprint density at radius 2 is 1.97 bits per heavy atom. The molecule has 2 aromatic carbocycles. The van der Waals surface area contributed by atoms with Crippen LogP contribution in [-0.4, -0.2) is 61.6 Å². The average molecular weight is 463 g/mol. The smallest absolute Gasteiger partial charge is 0.497 e. The molecular weight excluding hydrogens is 439 g/mol. The zero-order valence-corrected chi connectivity index (χ0v) is 18.1. The van der Waals surface area contributed by atoms with E-state index in [2.05, 4.69) is 15.2 Å². The van der Waals surface area contributed by atoms with Gasteiger partial charge >= 0.3 is 6.36 Å². The maximum atomic E-state index is 12.8. The summed E-state index contributed by atoms with van der Waals surface area (Å²) in [6.45, 7) is 3.39. The van der Waals surface area contributed by atoms with Crippen LogP contribution in [0.25, 0.3) is 0 Å². The molecule has 1 N–H and O–H groups in total. The van der Waals surface area contributed by atoms with Crippen molar-refractivity contribution >= 4 is 12.0 Å². The number of nitrogens with one attached hydrogen (secondary N) is 1. The van der Waals surface area contributed by atoms with E-state index in [0.717, 1.165) is 11.8 Å². The summed E-state index contributed by atoms with van der Waals surface area (Å²) in [6.07, 6.45) is -4.72. The SMILES string of the molecule is COc1cccc(C2CNCCN2C2(C=O)C(c3cccc(OC(F)(F)F)c3)=NOC2C)c1. The molecular formula is C23H24F3N3O4. The summed E-state index contributed by atoms with van der Waals surface area (Å²) in [5.41, 5.74) is 0.172. The number of oxime groups is 1. The number of rotatable bonds is 6. The number of hydrogen-bond acceptors (Lipinski definition) is 7. The lowest BCUT2D eigenvalue weighted by Gasteiger charge is -2.46. The Balaban J connectivity index is 1.76. The number of alkyl halides is 3. The molecule has 1 saturated heterocycles. The van der Waals surface area contributed by atoms with Crippen LogP contribution in [0.2, 0.25) is 0 Å². The van der Waals surface area contributed by atoms with Gasteiger partial charge < -0.3 is 24.4 Å². The Labute approximate surface area is 189 Å². The molecule has 4 rings (SSSR count). The minimum Gasteiger partial charge on any atom is -0.497 e. The summed E-state index contributed by atoms with van der Waals surface area (Å²) >= 11 is 0. The number of piperazine rings is 1. The first kappa shape index (κ1) is 23.1. The predicted octanol–water partition coefficient (Wildman–Crippen LogP) is 3.30. The number of methoxy groups -OCH3 is 1. The minimum absolute atomic E-state index is 0.233. The van der Waals surface area contributed by atoms with Gasteiger partial charge in [-0.05, 0) is 36.8 Å². The fourth-order valence-electron chi connectivity index (χ4n) is 4.48. The van der Waals surface area contributed by atoms with Crippen molar-refractivity contribution in [3.63, 3.8) is 0 Å². The Morgan fingerprint density at radius 3 is 2.70 bits per heavy atom. The van der Waals surface area contributed by atoms with Crippen molar-refractivity contribution < 1.29 is 32.3 Å². The third-order valence-corrected chi connectivity index (χ3v) is 6.02. The van der Waals surface area contributed by atoms with Gasteiger partial charge in [-0.25, -0.2) is 0 Å². The van der Waals surface area contributed by atoms with Gasteiger partial charge in [0.2, 0.25) is 0 Å². The number of benzene rings is 2. The third kappa shape index (κ3) is 4.40. The molecule has 0 aliphatic carbocycles. The lowest BCUT2D eigenvalue weighted by Crippen LogP contribution is -2.65. The maximum Gasteiger partial charge on any atom is 0.573 e. The number of nitrogens with zero attached hydrogens (tertiary/aromatic N) is 2. The van der Waals surface area contributed by atoms with Crippen molar-refractivity contribution in [2.75, 3.05) is 26.7 Å². The van der Waals surface area contributed by atoms with Gasteiger partial charge in [-0.2, -0.15) is 0 Å². The van der Waals surface area contributed by atoms with E-state index >= 15 is 0 Å². The lowest BCUT2D eigenvalue weighted by molar-refractivity contribution is -0.274. The zero-order chi connectivity index (χ0) is 23.6. The molecule has 0 bridgehead atoms. The number of aldehydes is 1. The van der Waals surface area contributed by atoms with Crippen LogP contribution in [0.5, 0.6) is 11.5 Å². The number of halogens is 3. The standard InChI is InChI=1S/C23H24F3N3O4/c1-15-22(14-30,21(28-33-15)17-6-4-8-19(12-17)32-23(24,25)26)29-10-9-27-13-20(29)16-5-3-7-18(11-16)31-2/h3-8,11-12,14-15,20,27H,9-10,13H2,1-2H3. The Kier molecular flexibility index (Phi) is 6.31. The number of carbonyl (C=O) groups excluding carboxylic acids is 1. The summed E-state index contributed by atoms with van der Waals surface area (Å²) in [4.78, 5) is 20.3. The van der Waals surface area contributed by atoms with Crippen LogP contribution >= 0.6 is 0 Å². The quantitative estimate of drug-likeness (QED) is 0.663.